The highest BCUT2D eigenvalue weighted by atomic mass is 16.5. The third-order valence-electron chi connectivity index (χ3n) is 3.43. The molecular formula is C14H19N3O3. The minimum absolute atomic E-state index is 0.0292. The summed E-state index contributed by atoms with van der Waals surface area (Å²) in [6, 6.07) is 1.80. The molecule has 2 heterocycles. The Balaban J connectivity index is 2.10. The van der Waals surface area contributed by atoms with Crippen LogP contribution in [0.25, 0.3) is 0 Å². The molecule has 0 bridgehead atoms. The van der Waals surface area contributed by atoms with E-state index in [4.69, 9.17) is 4.74 Å². The Morgan fingerprint density at radius 3 is 3.05 bits per heavy atom. The summed E-state index contributed by atoms with van der Waals surface area (Å²) in [5.74, 6) is 0.340. The Morgan fingerprint density at radius 1 is 1.65 bits per heavy atom. The normalized spacial score (nSPS) is 17.1. The number of aromatic nitrogens is 2. The molecule has 0 aliphatic carbocycles. The van der Waals surface area contributed by atoms with Crippen LogP contribution in [0.2, 0.25) is 0 Å². The van der Waals surface area contributed by atoms with E-state index in [1.165, 1.54) is 13.2 Å². The molecule has 20 heavy (non-hydrogen) atoms. The molecule has 0 spiro atoms. The van der Waals surface area contributed by atoms with Crippen LogP contribution in [-0.4, -0.2) is 45.4 Å². The summed E-state index contributed by atoms with van der Waals surface area (Å²) in [7, 11) is 1.53. The monoisotopic (exact) mass is 277 g/mol. The van der Waals surface area contributed by atoms with Gasteiger partial charge in [-0.15, -0.1) is 11.7 Å². The van der Waals surface area contributed by atoms with Gasteiger partial charge in [0, 0.05) is 31.1 Å². The highest BCUT2D eigenvalue weighted by Gasteiger charge is 2.27. The third kappa shape index (κ3) is 3.14. The van der Waals surface area contributed by atoms with Crippen molar-refractivity contribution in [3.63, 3.8) is 0 Å². The second-order valence-electron chi connectivity index (χ2n) is 5.16. The number of nitrogens with zero attached hydrogens (tertiary/aromatic N) is 3. The van der Waals surface area contributed by atoms with Gasteiger partial charge in [0.1, 0.15) is 0 Å². The topological polar surface area (TPSA) is 75.5 Å². The summed E-state index contributed by atoms with van der Waals surface area (Å²) >= 11 is 0. The smallest absolute Gasteiger partial charge is 0.233 e. The van der Waals surface area contributed by atoms with E-state index in [0.29, 0.717) is 25.4 Å². The first-order valence-electron chi connectivity index (χ1n) is 6.48. The Bertz CT molecular complexity index is 528. The molecule has 1 N–H and O–H groups in total. The number of hydrogen-bond acceptors (Lipinski definition) is 5. The van der Waals surface area contributed by atoms with Gasteiger partial charge < -0.3 is 14.7 Å². The highest BCUT2D eigenvalue weighted by molar-refractivity contribution is 5.77. The van der Waals surface area contributed by atoms with Crippen LogP contribution in [0, 0.1) is 0 Å². The zero-order valence-electron chi connectivity index (χ0n) is 11.8. The van der Waals surface area contributed by atoms with E-state index in [0.717, 1.165) is 11.3 Å². The van der Waals surface area contributed by atoms with E-state index in [-0.39, 0.29) is 12.3 Å². The van der Waals surface area contributed by atoms with Gasteiger partial charge in [-0.05, 0) is 6.92 Å². The summed E-state index contributed by atoms with van der Waals surface area (Å²) in [6.07, 6.45) is 2.08. The number of methoxy groups -OCH3 is 1. The minimum Gasteiger partial charge on any atom is -0.480 e. The fourth-order valence-corrected chi connectivity index (χ4v) is 2.11. The van der Waals surface area contributed by atoms with Gasteiger partial charge in [-0.2, -0.15) is 5.10 Å². The van der Waals surface area contributed by atoms with Gasteiger partial charge in [0.05, 0.1) is 24.8 Å². The summed E-state index contributed by atoms with van der Waals surface area (Å²) in [6.45, 7) is 6.16. The van der Waals surface area contributed by atoms with E-state index in [1.807, 2.05) is 0 Å². The van der Waals surface area contributed by atoms with Crippen molar-refractivity contribution in [2.75, 3.05) is 13.7 Å². The van der Waals surface area contributed by atoms with Crippen molar-refractivity contribution in [1.82, 2.24) is 15.1 Å². The lowest BCUT2D eigenvalue weighted by Gasteiger charge is -2.30. The number of fused-ring (bicyclic) bond motifs is 1. The Labute approximate surface area is 118 Å². The quantitative estimate of drug-likeness (QED) is 0.820. The predicted molar refractivity (Wildman–Crippen MR) is 73.1 cm³/mol. The average molecular weight is 277 g/mol. The number of carbonyl (C=O) groups excluding carboxylic acids is 1. The molecule has 1 atom stereocenters. The minimum atomic E-state index is -1.18. The van der Waals surface area contributed by atoms with Crippen molar-refractivity contribution in [3.8, 4) is 5.88 Å². The maximum Gasteiger partial charge on any atom is 0.233 e. The summed E-state index contributed by atoms with van der Waals surface area (Å²) in [5, 5.41) is 17.9. The fraction of sp³-hybridized carbons (Fsp3) is 0.500. The lowest BCUT2D eigenvalue weighted by molar-refractivity contribution is -0.135. The SMILES string of the molecule is C=CC(C)(O)CC(=O)N1CCc2nnc(OC)cc2C1. The maximum atomic E-state index is 12.2. The van der Waals surface area contributed by atoms with E-state index in [1.54, 1.807) is 17.9 Å². The van der Waals surface area contributed by atoms with Gasteiger partial charge >= 0.3 is 0 Å². The lowest BCUT2D eigenvalue weighted by atomic mass is 10.00. The van der Waals surface area contributed by atoms with Crippen molar-refractivity contribution in [3.05, 3.63) is 30.0 Å². The van der Waals surface area contributed by atoms with Crippen LogP contribution in [-0.2, 0) is 17.8 Å². The molecular weight excluding hydrogens is 258 g/mol. The van der Waals surface area contributed by atoms with Crippen molar-refractivity contribution in [2.45, 2.75) is 31.9 Å². The van der Waals surface area contributed by atoms with Crippen molar-refractivity contribution in [2.24, 2.45) is 0 Å². The zero-order valence-corrected chi connectivity index (χ0v) is 11.8. The lowest BCUT2D eigenvalue weighted by Crippen LogP contribution is -2.40. The zero-order chi connectivity index (χ0) is 14.8. The van der Waals surface area contributed by atoms with Gasteiger partial charge in [-0.3, -0.25) is 4.79 Å². The standard InChI is InChI=1S/C14H19N3O3/c1-4-14(2,19)8-13(18)17-6-5-11-10(9-17)7-12(20-3)16-15-11/h4,7,19H,1,5-6,8-9H2,2-3H3. The van der Waals surface area contributed by atoms with Crippen LogP contribution in [0.5, 0.6) is 5.88 Å². The van der Waals surface area contributed by atoms with Crippen LogP contribution in [0.15, 0.2) is 18.7 Å². The molecule has 6 heteroatoms. The molecule has 0 radical (unpaired) electrons. The van der Waals surface area contributed by atoms with Gasteiger partial charge in [-0.1, -0.05) is 6.08 Å². The fourth-order valence-electron chi connectivity index (χ4n) is 2.11. The molecule has 0 saturated carbocycles. The Hall–Kier alpha value is -1.95. The summed E-state index contributed by atoms with van der Waals surface area (Å²) in [5.41, 5.74) is 0.658. The molecule has 6 nitrogen and oxygen atoms in total. The average Bonchev–Trinajstić information content (AvgIpc) is 2.45. The number of ether oxygens (including phenoxy) is 1. The molecule has 2 rings (SSSR count). The number of aliphatic hydroxyl groups is 1. The molecule has 1 unspecified atom stereocenters. The van der Waals surface area contributed by atoms with Crippen LogP contribution in [0.1, 0.15) is 24.6 Å². The van der Waals surface area contributed by atoms with Gasteiger partial charge in [-0.25, -0.2) is 0 Å². The van der Waals surface area contributed by atoms with Gasteiger partial charge in [0.25, 0.3) is 0 Å². The van der Waals surface area contributed by atoms with Crippen LogP contribution in [0.4, 0.5) is 0 Å². The van der Waals surface area contributed by atoms with Crippen LogP contribution < -0.4 is 4.74 Å². The Morgan fingerprint density at radius 2 is 2.40 bits per heavy atom. The van der Waals surface area contributed by atoms with Gasteiger partial charge in [0.15, 0.2) is 0 Å². The van der Waals surface area contributed by atoms with Crippen molar-refractivity contribution >= 4 is 5.91 Å². The van der Waals surface area contributed by atoms with E-state index >= 15 is 0 Å². The maximum absolute atomic E-state index is 12.2. The molecule has 1 amide bonds. The molecule has 0 fully saturated rings. The number of carbonyl (C=O) groups is 1. The number of rotatable bonds is 4. The predicted octanol–water partition coefficient (Wildman–Crippen LogP) is 0.697. The summed E-state index contributed by atoms with van der Waals surface area (Å²) < 4.78 is 5.04. The molecule has 1 aliphatic heterocycles. The summed E-state index contributed by atoms with van der Waals surface area (Å²) in [4.78, 5) is 13.9. The molecule has 1 aliphatic rings. The molecule has 0 saturated heterocycles. The van der Waals surface area contributed by atoms with Crippen LogP contribution in [0.3, 0.4) is 0 Å². The van der Waals surface area contributed by atoms with E-state index in [9.17, 15) is 9.90 Å². The molecule has 1 aromatic heterocycles. The first kappa shape index (κ1) is 14.5. The highest BCUT2D eigenvalue weighted by Crippen LogP contribution is 2.21. The molecule has 108 valence electrons. The largest absolute Gasteiger partial charge is 0.480 e. The third-order valence-corrected chi connectivity index (χ3v) is 3.43. The second-order valence-corrected chi connectivity index (χ2v) is 5.16. The van der Waals surface area contributed by atoms with Gasteiger partial charge in [0.2, 0.25) is 11.8 Å². The molecule has 1 aromatic rings. The van der Waals surface area contributed by atoms with E-state index < -0.39 is 5.60 Å². The van der Waals surface area contributed by atoms with Crippen LogP contribution >= 0.6 is 0 Å². The first-order valence-corrected chi connectivity index (χ1v) is 6.48. The van der Waals surface area contributed by atoms with Crippen molar-refractivity contribution < 1.29 is 14.6 Å². The first-order chi connectivity index (χ1) is 9.45. The number of amides is 1. The van der Waals surface area contributed by atoms with Crippen molar-refractivity contribution in [1.29, 1.82) is 0 Å². The van der Waals surface area contributed by atoms with E-state index in [2.05, 4.69) is 16.8 Å². The number of hydrogen-bond donors (Lipinski definition) is 1. The molecule has 0 aromatic carbocycles. The second kappa shape index (κ2) is 5.58. The Kier molecular flexibility index (Phi) is 4.04.